The van der Waals surface area contributed by atoms with Gasteiger partial charge >= 0.3 is 5.97 Å². The van der Waals surface area contributed by atoms with Crippen molar-refractivity contribution in [3.05, 3.63) is 35.6 Å². The quantitative estimate of drug-likeness (QED) is 0.890. The van der Waals surface area contributed by atoms with Crippen LogP contribution in [-0.4, -0.2) is 36.4 Å². The van der Waals surface area contributed by atoms with Crippen LogP contribution in [0, 0.1) is 5.82 Å². The van der Waals surface area contributed by atoms with Crippen LogP contribution in [0.15, 0.2) is 24.3 Å². The minimum Gasteiger partial charge on any atom is -0.480 e. The SMILES string of the molecule is CN(C(C)(C)C(=O)O)S(=O)(=O)Cc1ccc(F)cc1. The molecule has 0 unspecified atom stereocenters. The van der Waals surface area contributed by atoms with E-state index in [0.29, 0.717) is 5.56 Å². The van der Waals surface area contributed by atoms with Gasteiger partial charge in [0, 0.05) is 7.05 Å². The van der Waals surface area contributed by atoms with Crippen molar-refractivity contribution in [2.24, 2.45) is 0 Å². The first kappa shape index (κ1) is 15.6. The molecule has 0 aliphatic carbocycles. The van der Waals surface area contributed by atoms with Gasteiger partial charge in [-0.1, -0.05) is 12.1 Å². The number of aliphatic carboxylic acids is 1. The van der Waals surface area contributed by atoms with Crippen molar-refractivity contribution in [3.8, 4) is 0 Å². The van der Waals surface area contributed by atoms with Crippen LogP contribution in [0.2, 0.25) is 0 Å². The van der Waals surface area contributed by atoms with Gasteiger partial charge in [0.1, 0.15) is 11.4 Å². The largest absolute Gasteiger partial charge is 0.480 e. The van der Waals surface area contributed by atoms with Gasteiger partial charge < -0.3 is 5.11 Å². The molecule has 0 aliphatic rings. The predicted octanol–water partition coefficient (Wildman–Crippen LogP) is 1.45. The Bertz CT molecular complexity index is 566. The highest BCUT2D eigenvalue weighted by Gasteiger charge is 2.39. The highest BCUT2D eigenvalue weighted by Crippen LogP contribution is 2.20. The summed E-state index contributed by atoms with van der Waals surface area (Å²) in [6.07, 6.45) is 0. The minimum absolute atomic E-state index is 0.375. The van der Waals surface area contributed by atoms with Gasteiger partial charge in [0.2, 0.25) is 10.0 Å². The summed E-state index contributed by atoms with van der Waals surface area (Å²) in [4.78, 5) is 11.1. The number of sulfonamides is 1. The Kier molecular flexibility index (Phi) is 4.32. The van der Waals surface area contributed by atoms with Crippen molar-refractivity contribution in [1.29, 1.82) is 0 Å². The number of carbonyl (C=O) groups is 1. The van der Waals surface area contributed by atoms with Crippen LogP contribution in [-0.2, 0) is 20.6 Å². The maximum Gasteiger partial charge on any atom is 0.324 e. The van der Waals surface area contributed by atoms with Crippen LogP contribution in [0.3, 0.4) is 0 Å². The second-order valence-corrected chi connectivity index (χ2v) is 6.71. The second kappa shape index (κ2) is 5.26. The van der Waals surface area contributed by atoms with Crippen molar-refractivity contribution in [3.63, 3.8) is 0 Å². The molecule has 1 rings (SSSR count). The Morgan fingerprint density at radius 1 is 1.32 bits per heavy atom. The van der Waals surface area contributed by atoms with E-state index in [1.54, 1.807) is 0 Å². The molecule has 0 aliphatic heterocycles. The summed E-state index contributed by atoms with van der Waals surface area (Å²) in [5, 5.41) is 9.02. The molecular formula is C12H16FNO4S. The maximum absolute atomic E-state index is 12.7. The molecule has 0 spiro atoms. The van der Waals surface area contributed by atoms with E-state index in [1.165, 1.54) is 33.0 Å². The fourth-order valence-corrected chi connectivity index (χ4v) is 2.95. The van der Waals surface area contributed by atoms with E-state index in [1.807, 2.05) is 0 Å². The van der Waals surface area contributed by atoms with Crippen molar-refractivity contribution in [2.75, 3.05) is 7.05 Å². The molecule has 0 saturated heterocycles. The first-order valence-electron chi connectivity index (χ1n) is 5.52. The number of halogens is 1. The zero-order chi connectivity index (χ0) is 14.8. The minimum atomic E-state index is -3.80. The number of hydrogen-bond donors (Lipinski definition) is 1. The van der Waals surface area contributed by atoms with E-state index in [9.17, 15) is 17.6 Å². The summed E-state index contributed by atoms with van der Waals surface area (Å²) < 4.78 is 37.8. The summed E-state index contributed by atoms with van der Waals surface area (Å²) in [6.45, 7) is 2.61. The fraction of sp³-hybridized carbons (Fsp3) is 0.417. The standard InChI is InChI=1S/C12H16FNO4S/c1-12(2,11(15)16)14(3)19(17,18)8-9-4-6-10(13)7-5-9/h4-7H,8H2,1-3H3,(H,15,16). The van der Waals surface area contributed by atoms with Gasteiger partial charge in [0.15, 0.2) is 0 Å². The van der Waals surface area contributed by atoms with Crippen LogP contribution < -0.4 is 0 Å². The first-order valence-corrected chi connectivity index (χ1v) is 7.13. The molecule has 5 nitrogen and oxygen atoms in total. The van der Waals surface area contributed by atoms with Gasteiger partial charge in [-0.25, -0.2) is 12.8 Å². The van der Waals surface area contributed by atoms with Crippen LogP contribution in [0.1, 0.15) is 19.4 Å². The van der Waals surface area contributed by atoms with Crippen LogP contribution >= 0.6 is 0 Å². The summed E-state index contributed by atoms with van der Waals surface area (Å²) in [6, 6.07) is 5.03. The van der Waals surface area contributed by atoms with Crippen LogP contribution in [0.5, 0.6) is 0 Å². The third kappa shape index (κ3) is 3.51. The lowest BCUT2D eigenvalue weighted by Gasteiger charge is -2.30. The Morgan fingerprint density at radius 3 is 2.21 bits per heavy atom. The first-order chi connectivity index (χ1) is 8.57. The van der Waals surface area contributed by atoms with Crippen molar-refractivity contribution in [2.45, 2.75) is 25.1 Å². The highest BCUT2D eigenvalue weighted by molar-refractivity contribution is 7.88. The Hall–Kier alpha value is -1.47. The molecule has 0 amide bonds. The number of nitrogens with zero attached hydrogens (tertiary/aromatic N) is 1. The molecule has 1 N–H and O–H groups in total. The Balaban J connectivity index is 2.99. The molecule has 0 fully saturated rings. The zero-order valence-electron chi connectivity index (χ0n) is 10.9. The normalized spacial score (nSPS) is 12.7. The summed E-state index contributed by atoms with van der Waals surface area (Å²) in [5.74, 6) is -2.07. The molecule has 0 radical (unpaired) electrons. The Morgan fingerprint density at radius 2 is 1.79 bits per heavy atom. The number of hydrogen-bond acceptors (Lipinski definition) is 3. The van der Waals surface area contributed by atoms with Crippen molar-refractivity contribution < 1.29 is 22.7 Å². The monoisotopic (exact) mass is 289 g/mol. The molecule has 0 heterocycles. The lowest BCUT2D eigenvalue weighted by atomic mass is 10.1. The molecule has 1 aromatic carbocycles. The molecule has 7 heteroatoms. The van der Waals surface area contributed by atoms with Crippen molar-refractivity contribution >= 4 is 16.0 Å². The van der Waals surface area contributed by atoms with Crippen LogP contribution in [0.4, 0.5) is 4.39 Å². The number of carboxylic acids is 1. The topological polar surface area (TPSA) is 74.7 Å². The molecule has 0 atom stereocenters. The fourth-order valence-electron chi connectivity index (χ4n) is 1.37. The number of carboxylic acid groups (broad SMARTS) is 1. The van der Waals surface area contributed by atoms with Gasteiger partial charge in [-0.2, -0.15) is 4.31 Å². The third-order valence-electron chi connectivity index (χ3n) is 2.99. The average molecular weight is 289 g/mol. The molecule has 0 aromatic heterocycles. The van der Waals surface area contributed by atoms with Gasteiger partial charge in [-0.3, -0.25) is 4.79 Å². The van der Waals surface area contributed by atoms with E-state index in [-0.39, 0.29) is 5.75 Å². The zero-order valence-corrected chi connectivity index (χ0v) is 11.7. The molecule has 106 valence electrons. The molecule has 0 bridgehead atoms. The molecule has 1 aromatic rings. The van der Waals surface area contributed by atoms with E-state index in [4.69, 9.17) is 5.11 Å². The summed E-state index contributed by atoms with van der Waals surface area (Å²) >= 11 is 0. The Labute approximate surface area is 111 Å². The van der Waals surface area contributed by atoms with E-state index >= 15 is 0 Å². The van der Waals surface area contributed by atoms with Crippen molar-refractivity contribution in [1.82, 2.24) is 4.31 Å². The van der Waals surface area contributed by atoms with Gasteiger partial charge in [0.05, 0.1) is 5.75 Å². The number of likely N-dealkylation sites (N-methyl/N-ethyl adjacent to an activating group) is 1. The average Bonchev–Trinajstić information content (AvgIpc) is 2.30. The van der Waals surface area contributed by atoms with Gasteiger partial charge in [0.25, 0.3) is 0 Å². The van der Waals surface area contributed by atoms with E-state index in [2.05, 4.69) is 0 Å². The predicted molar refractivity (Wildman–Crippen MR) is 68.5 cm³/mol. The van der Waals surface area contributed by atoms with Gasteiger partial charge in [-0.15, -0.1) is 0 Å². The lowest BCUT2D eigenvalue weighted by Crippen LogP contribution is -2.50. The van der Waals surface area contributed by atoms with E-state index in [0.717, 1.165) is 16.4 Å². The molecular weight excluding hydrogens is 273 g/mol. The number of rotatable bonds is 5. The van der Waals surface area contributed by atoms with Gasteiger partial charge in [-0.05, 0) is 31.5 Å². The molecule has 19 heavy (non-hydrogen) atoms. The van der Waals surface area contributed by atoms with E-state index < -0.39 is 27.3 Å². The second-order valence-electron chi connectivity index (χ2n) is 4.71. The number of benzene rings is 1. The lowest BCUT2D eigenvalue weighted by molar-refractivity contribution is -0.145. The summed E-state index contributed by atoms with van der Waals surface area (Å²) in [5.41, 5.74) is -1.15. The van der Waals surface area contributed by atoms with Crippen LogP contribution in [0.25, 0.3) is 0 Å². The third-order valence-corrected chi connectivity index (χ3v) is 4.98. The highest BCUT2D eigenvalue weighted by atomic mass is 32.2. The summed E-state index contributed by atoms with van der Waals surface area (Å²) in [7, 11) is -2.58. The molecule has 0 saturated carbocycles. The smallest absolute Gasteiger partial charge is 0.324 e. The maximum atomic E-state index is 12.7.